The molecule has 0 N–H and O–H groups in total. The third-order valence-corrected chi connectivity index (χ3v) is 6.00. The van der Waals surface area contributed by atoms with Crippen molar-refractivity contribution in [1.29, 1.82) is 0 Å². The minimum atomic E-state index is -3.21. The lowest BCUT2D eigenvalue weighted by atomic mass is 10.1. The molecule has 1 aliphatic heterocycles. The van der Waals surface area contributed by atoms with Crippen molar-refractivity contribution < 1.29 is 12.6 Å². The van der Waals surface area contributed by atoms with Crippen LogP contribution in [0.4, 0.5) is 0 Å². The highest BCUT2D eigenvalue weighted by Gasteiger charge is 2.51. The number of halogens is 1. The Balaban J connectivity index is 2.31. The molecule has 4 unspecified atom stereocenters. The topological polar surface area (TPSA) is 43.4 Å². The quantitative estimate of drug-likeness (QED) is 0.387. The highest BCUT2D eigenvalue weighted by molar-refractivity contribution is 14.1. The normalized spacial score (nSPS) is 50.8. The molecule has 2 fully saturated rings. The molecule has 70 valence electrons. The fourth-order valence-electron chi connectivity index (χ4n) is 2.16. The predicted molar refractivity (Wildman–Crippen MR) is 53.5 cm³/mol. The average molecular weight is 302 g/mol. The molecule has 1 aliphatic carbocycles. The Bertz CT molecular complexity index is 287. The summed E-state index contributed by atoms with van der Waals surface area (Å²) in [6.07, 6.45) is 1.78. The second kappa shape index (κ2) is 2.81. The fourth-order valence-corrected chi connectivity index (χ4v) is 5.90. The SMILES string of the molecule is CC1CC2C(I)OS(=O)(=O)C2C1. The first-order valence-electron chi connectivity index (χ1n) is 4.07. The van der Waals surface area contributed by atoms with Crippen molar-refractivity contribution in [3.63, 3.8) is 0 Å². The molecule has 1 saturated carbocycles. The molecule has 0 aromatic heterocycles. The molecule has 4 atom stereocenters. The summed E-state index contributed by atoms with van der Waals surface area (Å²) in [7, 11) is -3.21. The average Bonchev–Trinajstić information content (AvgIpc) is 2.37. The predicted octanol–water partition coefficient (Wildman–Crippen LogP) is 1.52. The molecule has 0 aromatic rings. The van der Waals surface area contributed by atoms with Gasteiger partial charge in [-0.05, 0) is 41.4 Å². The van der Waals surface area contributed by atoms with Crippen LogP contribution in [0.3, 0.4) is 0 Å². The van der Waals surface area contributed by atoms with Crippen LogP contribution in [0, 0.1) is 11.8 Å². The maximum absolute atomic E-state index is 11.4. The summed E-state index contributed by atoms with van der Waals surface area (Å²) in [4.78, 5) is 0. The second-order valence-corrected chi connectivity index (χ2v) is 6.73. The molecule has 12 heavy (non-hydrogen) atoms. The van der Waals surface area contributed by atoms with E-state index in [0.29, 0.717) is 5.92 Å². The van der Waals surface area contributed by atoms with E-state index in [1.54, 1.807) is 0 Å². The number of rotatable bonds is 0. The first-order chi connectivity index (χ1) is 5.50. The van der Waals surface area contributed by atoms with E-state index < -0.39 is 10.1 Å². The zero-order valence-corrected chi connectivity index (χ0v) is 9.71. The third-order valence-electron chi connectivity index (χ3n) is 2.72. The van der Waals surface area contributed by atoms with Gasteiger partial charge in [0.15, 0.2) is 0 Å². The molecule has 1 saturated heterocycles. The maximum atomic E-state index is 11.4. The van der Waals surface area contributed by atoms with Gasteiger partial charge in [-0.15, -0.1) is 0 Å². The smallest absolute Gasteiger partial charge is 0.256 e. The summed E-state index contributed by atoms with van der Waals surface area (Å²) in [6.45, 7) is 2.11. The van der Waals surface area contributed by atoms with Crippen molar-refractivity contribution in [3.05, 3.63) is 0 Å². The Labute approximate surface area is 86.1 Å². The van der Waals surface area contributed by atoms with Crippen LogP contribution in [0.15, 0.2) is 0 Å². The van der Waals surface area contributed by atoms with E-state index in [0.717, 1.165) is 12.8 Å². The Hall–Kier alpha value is 0.640. The summed E-state index contributed by atoms with van der Waals surface area (Å²) in [5, 5.41) is -0.214. The Morgan fingerprint density at radius 1 is 1.42 bits per heavy atom. The Kier molecular flexibility index (Phi) is 2.16. The minimum absolute atomic E-state index is 0.123. The zero-order valence-electron chi connectivity index (χ0n) is 6.73. The lowest BCUT2D eigenvalue weighted by Crippen LogP contribution is -2.17. The van der Waals surface area contributed by atoms with Gasteiger partial charge in [0.25, 0.3) is 10.1 Å². The summed E-state index contributed by atoms with van der Waals surface area (Å²) < 4.78 is 27.5. The summed E-state index contributed by atoms with van der Waals surface area (Å²) in [6, 6.07) is 0. The first-order valence-corrected chi connectivity index (χ1v) is 6.78. The van der Waals surface area contributed by atoms with E-state index in [-0.39, 0.29) is 15.3 Å². The van der Waals surface area contributed by atoms with Gasteiger partial charge in [0.05, 0.1) is 5.25 Å². The van der Waals surface area contributed by atoms with Crippen LogP contribution < -0.4 is 0 Å². The van der Waals surface area contributed by atoms with Gasteiger partial charge in [0, 0.05) is 5.92 Å². The van der Waals surface area contributed by atoms with Crippen molar-refractivity contribution in [3.8, 4) is 0 Å². The monoisotopic (exact) mass is 302 g/mol. The zero-order chi connectivity index (χ0) is 8.93. The van der Waals surface area contributed by atoms with E-state index in [2.05, 4.69) is 29.5 Å². The molecular weight excluding hydrogens is 291 g/mol. The van der Waals surface area contributed by atoms with Gasteiger partial charge in [-0.2, -0.15) is 8.42 Å². The fraction of sp³-hybridized carbons (Fsp3) is 1.00. The number of alkyl halides is 1. The Morgan fingerprint density at radius 3 is 2.67 bits per heavy atom. The third kappa shape index (κ3) is 1.29. The lowest BCUT2D eigenvalue weighted by Gasteiger charge is -2.06. The molecule has 1 heterocycles. The number of hydrogen-bond acceptors (Lipinski definition) is 3. The van der Waals surface area contributed by atoms with Gasteiger partial charge in [0.1, 0.15) is 4.11 Å². The highest BCUT2D eigenvalue weighted by Crippen LogP contribution is 2.46. The summed E-state index contributed by atoms with van der Waals surface area (Å²) in [5.74, 6) is 0.779. The largest absolute Gasteiger partial charge is 0.271 e. The van der Waals surface area contributed by atoms with Gasteiger partial charge < -0.3 is 0 Å². The molecule has 5 heteroatoms. The highest BCUT2D eigenvalue weighted by atomic mass is 127. The van der Waals surface area contributed by atoms with E-state index in [4.69, 9.17) is 4.18 Å². The maximum Gasteiger partial charge on any atom is 0.271 e. The van der Waals surface area contributed by atoms with Crippen LogP contribution in [0.5, 0.6) is 0 Å². The van der Waals surface area contributed by atoms with Gasteiger partial charge >= 0.3 is 0 Å². The van der Waals surface area contributed by atoms with Crippen molar-refractivity contribution in [2.75, 3.05) is 0 Å². The molecular formula is C7H11IO3S. The summed E-state index contributed by atoms with van der Waals surface area (Å²) in [5.41, 5.74) is 0. The van der Waals surface area contributed by atoms with Gasteiger partial charge in [0.2, 0.25) is 0 Å². The van der Waals surface area contributed by atoms with Crippen LogP contribution in [0.25, 0.3) is 0 Å². The number of fused-ring (bicyclic) bond motifs is 1. The summed E-state index contributed by atoms with van der Waals surface area (Å²) >= 11 is 2.08. The molecule has 0 bridgehead atoms. The van der Waals surface area contributed by atoms with E-state index in [1.807, 2.05) is 0 Å². The standard InChI is InChI=1S/C7H11IO3S/c1-4-2-5-6(3-4)12(9,10)11-7(5)8/h4-7H,2-3H2,1H3. The van der Waals surface area contributed by atoms with Crippen LogP contribution >= 0.6 is 22.6 Å². The molecule has 2 aliphatic rings. The molecule has 0 amide bonds. The first kappa shape index (κ1) is 9.21. The molecule has 2 rings (SSSR count). The second-order valence-electron chi connectivity index (χ2n) is 3.72. The van der Waals surface area contributed by atoms with Crippen molar-refractivity contribution >= 4 is 32.7 Å². The van der Waals surface area contributed by atoms with Crippen molar-refractivity contribution in [1.82, 2.24) is 0 Å². The van der Waals surface area contributed by atoms with Crippen LogP contribution in [-0.4, -0.2) is 17.8 Å². The van der Waals surface area contributed by atoms with Gasteiger partial charge in [-0.3, -0.25) is 4.18 Å². The Morgan fingerprint density at radius 2 is 2.08 bits per heavy atom. The number of hydrogen-bond donors (Lipinski definition) is 0. The van der Waals surface area contributed by atoms with E-state index in [1.165, 1.54) is 0 Å². The molecule has 0 radical (unpaired) electrons. The van der Waals surface area contributed by atoms with Crippen LogP contribution in [0.2, 0.25) is 0 Å². The van der Waals surface area contributed by atoms with E-state index >= 15 is 0 Å². The van der Waals surface area contributed by atoms with Crippen LogP contribution in [-0.2, 0) is 14.3 Å². The van der Waals surface area contributed by atoms with Gasteiger partial charge in [-0.1, -0.05) is 6.92 Å². The van der Waals surface area contributed by atoms with Crippen molar-refractivity contribution in [2.45, 2.75) is 29.1 Å². The van der Waals surface area contributed by atoms with Gasteiger partial charge in [-0.25, -0.2) is 0 Å². The lowest BCUT2D eigenvalue weighted by molar-refractivity contribution is 0.283. The molecule has 0 spiro atoms. The van der Waals surface area contributed by atoms with Crippen molar-refractivity contribution in [2.24, 2.45) is 11.8 Å². The van der Waals surface area contributed by atoms with E-state index in [9.17, 15) is 8.42 Å². The molecule has 3 nitrogen and oxygen atoms in total. The van der Waals surface area contributed by atoms with Crippen LogP contribution in [0.1, 0.15) is 19.8 Å². The molecule has 0 aromatic carbocycles. The minimum Gasteiger partial charge on any atom is -0.256 e.